The maximum atomic E-state index is 12.5. The van der Waals surface area contributed by atoms with Gasteiger partial charge in [0.15, 0.2) is 6.04 Å². The van der Waals surface area contributed by atoms with E-state index >= 15 is 0 Å². The van der Waals surface area contributed by atoms with E-state index in [0.29, 0.717) is 4.47 Å². The molecule has 9 heteroatoms. The molecule has 34 heavy (non-hydrogen) atoms. The lowest BCUT2D eigenvalue weighted by Gasteiger charge is -2.15. The van der Waals surface area contributed by atoms with Crippen molar-refractivity contribution in [3.05, 3.63) is 87.9 Å². The van der Waals surface area contributed by atoms with Crippen LogP contribution in [0.4, 0.5) is 10.5 Å². The average molecular weight is 525 g/mol. The summed E-state index contributed by atoms with van der Waals surface area (Å²) in [7, 11) is 0. The Morgan fingerprint density at radius 3 is 2.18 bits per heavy atom. The Morgan fingerprint density at radius 2 is 1.59 bits per heavy atom. The maximum absolute atomic E-state index is 12.5. The van der Waals surface area contributed by atoms with Crippen molar-refractivity contribution < 1.29 is 29.3 Å². The Hall–Kier alpha value is -3.69. The van der Waals surface area contributed by atoms with Crippen molar-refractivity contribution in [2.75, 3.05) is 18.5 Å². The van der Waals surface area contributed by atoms with Gasteiger partial charge in [-0.2, -0.15) is 0 Å². The van der Waals surface area contributed by atoms with Gasteiger partial charge in [0.2, 0.25) is 0 Å². The molecule has 3 aromatic rings. The van der Waals surface area contributed by atoms with Crippen LogP contribution in [-0.4, -0.2) is 47.4 Å². The number of anilines is 1. The molecule has 0 radical (unpaired) electrons. The number of rotatable bonds is 7. The van der Waals surface area contributed by atoms with Crippen LogP contribution in [-0.2, 0) is 9.53 Å². The number of benzene rings is 3. The summed E-state index contributed by atoms with van der Waals surface area (Å²) in [6.45, 7) is -0.613. The molecule has 0 spiro atoms. The Kier molecular flexibility index (Phi) is 6.95. The minimum atomic E-state index is -1.44. The molecule has 0 saturated carbocycles. The van der Waals surface area contributed by atoms with Gasteiger partial charge in [-0.3, -0.25) is 10.1 Å². The van der Waals surface area contributed by atoms with Crippen molar-refractivity contribution >= 4 is 39.6 Å². The number of carbonyl (C=O) groups is 3. The molecule has 1 aliphatic rings. The molecule has 0 fully saturated rings. The topological polar surface area (TPSA) is 125 Å². The number of aliphatic hydroxyl groups is 1. The number of carboxylic acid groups (broad SMARTS) is 1. The molecule has 1 atom stereocenters. The van der Waals surface area contributed by atoms with Gasteiger partial charge in [0, 0.05) is 21.6 Å². The second-order valence-corrected chi connectivity index (χ2v) is 8.64. The molecule has 0 heterocycles. The number of hydrogen-bond donors (Lipinski definition) is 4. The molecule has 8 nitrogen and oxygen atoms in total. The van der Waals surface area contributed by atoms with Crippen molar-refractivity contribution in [3.8, 4) is 11.1 Å². The molecule has 174 valence electrons. The number of fused-ring (bicyclic) bond motifs is 3. The van der Waals surface area contributed by atoms with E-state index in [1.807, 2.05) is 48.5 Å². The predicted octanol–water partition coefficient (Wildman–Crippen LogP) is 3.99. The van der Waals surface area contributed by atoms with Crippen molar-refractivity contribution in [1.82, 2.24) is 5.32 Å². The van der Waals surface area contributed by atoms with Crippen LogP contribution in [0.25, 0.3) is 11.1 Å². The van der Waals surface area contributed by atoms with Crippen LogP contribution in [0.15, 0.2) is 71.2 Å². The number of hydrogen-bond acceptors (Lipinski definition) is 5. The summed E-state index contributed by atoms with van der Waals surface area (Å²) >= 11 is 3.27. The molecule has 4 N–H and O–H groups in total. The van der Waals surface area contributed by atoms with Crippen molar-refractivity contribution in [1.29, 1.82) is 0 Å². The molecule has 0 aromatic heterocycles. The van der Waals surface area contributed by atoms with Gasteiger partial charge >= 0.3 is 12.1 Å². The zero-order valence-corrected chi connectivity index (χ0v) is 19.4. The zero-order valence-electron chi connectivity index (χ0n) is 17.8. The van der Waals surface area contributed by atoms with Crippen molar-refractivity contribution in [3.63, 3.8) is 0 Å². The van der Waals surface area contributed by atoms with Crippen LogP contribution < -0.4 is 10.6 Å². The first-order chi connectivity index (χ1) is 16.4. The maximum Gasteiger partial charge on any atom is 0.411 e. The van der Waals surface area contributed by atoms with Crippen LogP contribution in [0.2, 0.25) is 0 Å². The standard InChI is InChI=1S/C25H21BrN2O6/c26-15-9-14(23(30)28-22(12-29)24(31)32)10-16(11-15)27-25(33)34-13-21-19-7-3-1-5-17(19)18-6-2-4-8-20(18)21/h1-11,21-22,29H,12-13H2,(H,27,33)(H,28,30)(H,31,32)/t22-/m1/s1. The molecule has 0 unspecified atom stereocenters. The predicted molar refractivity (Wildman–Crippen MR) is 129 cm³/mol. The minimum absolute atomic E-state index is 0.0894. The molecule has 4 rings (SSSR count). The summed E-state index contributed by atoms with van der Waals surface area (Å²) in [5.74, 6) is -2.16. The second-order valence-electron chi connectivity index (χ2n) is 7.73. The summed E-state index contributed by atoms with van der Waals surface area (Å²) in [6, 6.07) is 19.0. The lowest BCUT2D eigenvalue weighted by molar-refractivity contribution is -0.140. The van der Waals surface area contributed by atoms with Crippen LogP contribution >= 0.6 is 15.9 Å². The lowest BCUT2D eigenvalue weighted by atomic mass is 9.98. The fraction of sp³-hybridized carbons (Fsp3) is 0.160. The average Bonchev–Trinajstić information content (AvgIpc) is 3.14. The molecule has 3 aromatic carbocycles. The van der Waals surface area contributed by atoms with E-state index in [1.54, 1.807) is 6.07 Å². The molecule has 2 amide bonds. The van der Waals surface area contributed by atoms with E-state index in [2.05, 4.69) is 26.6 Å². The fourth-order valence-corrected chi connectivity index (χ4v) is 4.47. The van der Waals surface area contributed by atoms with Gasteiger partial charge in [-0.1, -0.05) is 64.5 Å². The van der Waals surface area contributed by atoms with Gasteiger partial charge in [-0.25, -0.2) is 9.59 Å². The first-order valence-corrected chi connectivity index (χ1v) is 11.2. The van der Waals surface area contributed by atoms with Crippen molar-refractivity contribution in [2.45, 2.75) is 12.0 Å². The number of carbonyl (C=O) groups excluding carboxylic acids is 2. The van der Waals surface area contributed by atoms with E-state index in [9.17, 15) is 14.4 Å². The largest absolute Gasteiger partial charge is 0.480 e. The van der Waals surface area contributed by atoms with Gasteiger partial charge in [0.05, 0.1) is 6.61 Å². The number of ether oxygens (including phenoxy) is 1. The Balaban J connectivity index is 1.44. The van der Waals surface area contributed by atoms with E-state index in [1.165, 1.54) is 12.1 Å². The van der Waals surface area contributed by atoms with E-state index in [4.69, 9.17) is 14.9 Å². The highest BCUT2D eigenvalue weighted by molar-refractivity contribution is 9.10. The third kappa shape index (κ3) is 4.95. The minimum Gasteiger partial charge on any atom is -0.480 e. The van der Waals surface area contributed by atoms with Gasteiger partial charge in [-0.05, 0) is 40.5 Å². The van der Waals surface area contributed by atoms with Crippen LogP contribution in [0, 0.1) is 0 Å². The molecular formula is C25H21BrN2O6. The second kappa shape index (κ2) is 10.1. The SMILES string of the molecule is O=C(Nc1cc(Br)cc(C(=O)N[C@H](CO)C(=O)O)c1)OCC1c2ccccc2-c2ccccc21. The number of halogens is 1. The highest BCUT2D eigenvalue weighted by Crippen LogP contribution is 2.44. The molecule has 0 saturated heterocycles. The molecule has 0 bridgehead atoms. The third-order valence-electron chi connectivity index (χ3n) is 5.54. The van der Waals surface area contributed by atoms with Crippen LogP contribution in [0.3, 0.4) is 0 Å². The monoisotopic (exact) mass is 524 g/mol. The summed E-state index contributed by atoms with van der Waals surface area (Å²) in [5.41, 5.74) is 4.81. The third-order valence-corrected chi connectivity index (χ3v) is 5.99. The van der Waals surface area contributed by atoms with Gasteiger partial charge in [-0.15, -0.1) is 0 Å². The number of carboxylic acids is 1. The quantitative estimate of drug-likeness (QED) is 0.370. The number of aliphatic hydroxyl groups excluding tert-OH is 1. The van der Waals surface area contributed by atoms with Gasteiger partial charge in [0.25, 0.3) is 5.91 Å². The Morgan fingerprint density at radius 1 is 0.971 bits per heavy atom. The summed E-state index contributed by atoms with van der Waals surface area (Å²) in [4.78, 5) is 36.0. The molecular weight excluding hydrogens is 504 g/mol. The Labute approximate surface area is 203 Å². The zero-order chi connectivity index (χ0) is 24.2. The number of amides is 2. The van der Waals surface area contributed by atoms with Gasteiger partial charge < -0.3 is 20.3 Å². The highest BCUT2D eigenvalue weighted by Gasteiger charge is 2.29. The first kappa shape index (κ1) is 23.5. The summed E-state index contributed by atoms with van der Waals surface area (Å²) < 4.78 is 6.01. The normalized spacial score (nSPS) is 12.9. The fourth-order valence-electron chi connectivity index (χ4n) is 3.97. The first-order valence-electron chi connectivity index (χ1n) is 10.4. The molecule has 0 aliphatic heterocycles. The van der Waals surface area contributed by atoms with E-state index in [-0.39, 0.29) is 23.8 Å². The number of aliphatic carboxylic acids is 1. The van der Waals surface area contributed by atoms with Gasteiger partial charge in [0.1, 0.15) is 6.61 Å². The summed E-state index contributed by atoms with van der Waals surface area (Å²) in [5, 5.41) is 22.9. The van der Waals surface area contributed by atoms with Crippen molar-refractivity contribution in [2.24, 2.45) is 0 Å². The Bertz CT molecular complexity index is 1220. The summed E-state index contributed by atoms with van der Waals surface area (Å²) in [6.07, 6.45) is -0.690. The smallest absolute Gasteiger partial charge is 0.411 e. The highest BCUT2D eigenvalue weighted by atomic mass is 79.9. The van der Waals surface area contributed by atoms with E-state index in [0.717, 1.165) is 22.3 Å². The molecule has 1 aliphatic carbocycles. The van der Waals surface area contributed by atoms with Crippen LogP contribution in [0.5, 0.6) is 0 Å². The number of nitrogens with one attached hydrogen (secondary N) is 2. The van der Waals surface area contributed by atoms with E-state index < -0.39 is 30.6 Å². The lowest BCUT2D eigenvalue weighted by Crippen LogP contribution is -2.43. The van der Waals surface area contributed by atoms with Crippen LogP contribution in [0.1, 0.15) is 27.4 Å².